The van der Waals surface area contributed by atoms with Crippen LogP contribution in [0.2, 0.25) is 0 Å². The molecule has 102 valence electrons. The Bertz CT molecular complexity index is 465. The van der Waals surface area contributed by atoms with Gasteiger partial charge in [-0.3, -0.25) is 4.79 Å². The molecule has 0 saturated carbocycles. The van der Waals surface area contributed by atoms with Gasteiger partial charge < -0.3 is 4.74 Å². The second kappa shape index (κ2) is 6.50. The average Bonchev–Trinajstić information content (AvgIpc) is 2.48. The van der Waals surface area contributed by atoms with E-state index < -0.39 is 0 Å². The molecule has 0 unspecified atom stereocenters. The van der Waals surface area contributed by atoms with Crippen LogP contribution >= 0.6 is 0 Å². The standard InChI is InChI=1S/C16H22NO2/c1-13(14-8-4-3-5-9-14)17-11-7-6-10-15(17)12-16(18)19-2/h3-5,8-9,13H,6-7,10-12H2,1-2H3/q+1/t13-/m0/s1. The molecule has 0 saturated heterocycles. The maximum atomic E-state index is 11.5. The van der Waals surface area contributed by atoms with Gasteiger partial charge in [0.05, 0.1) is 7.11 Å². The molecule has 1 heterocycles. The third-order valence-corrected chi connectivity index (χ3v) is 3.85. The SMILES string of the molecule is COC(=O)CC1=[N+]([C@@H](C)c2ccccc2)CCCC1. The van der Waals surface area contributed by atoms with E-state index in [4.69, 9.17) is 4.74 Å². The van der Waals surface area contributed by atoms with E-state index in [1.54, 1.807) is 0 Å². The fourth-order valence-corrected chi connectivity index (χ4v) is 2.72. The summed E-state index contributed by atoms with van der Waals surface area (Å²) < 4.78 is 7.17. The van der Waals surface area contributed by atoms with E-state index in [0.717, 1.165) is 13.0 Å². The van der Waals surface area contributed by atoms with Gasteiger partial charge in [0, 0.05) is 25.3 Å². The highest BCUT2D eigenvalue weighted by molar-refractivity contribution is 5.96. The van der Waals surface area contributed by atoms with E-state index in [9.17, 15) is 4.79 Å². The minimum Gasteiger partial charge on any atom is -0.469 e. The van der Waals surface area contributed by atoms with E-state index in [1.165, 1.54) is 31.2 Å². The van der Waals surface area contributed by atoms with Crippen molar-refractivity contribution in [3.8, 4) is 0 Å². The lowest BCUT2D eigenvalue weighted by atomic mass is 10.0. The first-order valence-electron chi connectivity index (χ1n) is 6.95. The Morgan fingerprint density at radius 2 is 2.05 bits per heavy atom. The summed E-state index contributed by atoms with van der Waals surface area (Å²) in [6, 6.07) is 10.8. The number of rotatable bonds is 4. The van der Waals surface area contributed by atoms with E-state index >= 15 is 0 Å². The van der Waals surface area contributed by atoms with E-state index in [2.05, 4.69) is 35.8 Å². The number of hydrogen-bond acceptors (Lipinski definition) is 2. The maximum Gasteiger partial charge on any atom is 0.315 e. The van der Waals surface area contributed by atoms with Crippen LogP contribution in [0, 0.1) is 0 Å². The predicted molar refractivity (Wildman–Crippen MR) is 75.5 cm³/mol. The van der Waals surface area contributed by atoms with Gasteiger partial charge in [0.25, 0.3) is 0 Å². The van der Waals surface area contributed by atoms with Crippen molar-refractivity contribution in [3.05, 3.63) is 35.9 Å². The molecule has 19 heavy (non-hydrogen) atoms. The van der Waals surface area contributed by atoms with Crippen molar-refractivity contribution in [1.82, 2.24) is 0 Å². The van der Waals surface area contributed by atoms with Crippen LogP contribution in [0.15, 0.2) is 30.3 Å². The van der Waals surface area contributed by atoms with Crippen LogP contribution in [0.1, 0.15) is 44.2 Å². The molecule has 1 atom stereocenters. The molecule has 0 aromatic heterocycles. The smallest absolute Gasteiger partial charge is 0.315 e. The predicted octanol–water partition coefficient (Wildman–Crippen LogP) is 2.95. The molecule has 3 nitrogen and oxygen atoms in total. The molecule has 0 amide bonds. The van der Waals surface area contributed by atoms with Crippen LogP contribution in [0.3, 0.4) is 0 Å². The number of methoxy groups -OCH3 is 1. The summed E-state index contributed by atoms with van der Waals surface area (Å²) in [4.78, 5) is 11.5. The lowest BCUT2D eigenvalue weighted by Crippen LogP contribution is -2.31. The minimum absolute atomic E-state index is 0.137. The van der Waals surface area contributed by atoms with Crippen molar-refractivity contribution < 1.29 is 14.1 Å². The Kier molecular flexibility index (Phi) is 4.72. The Morgan fingerprint density at radius 3 is 2.74 bits per heavy atom. The van der Waals surface area contributed by atoms with Crippen LogP contribution in [0.4, 0.5) is 0 Å². The van der Waals surface area contributed by atoms with Crippen LogP contribution in [-0.4, -0.2) is 29.9 Å². The van der Waals surface area contributed by atoms with Gasteiger partial charge in [-0.2, -0.15) is 0 Å². The number of nitrogens with zero attached hydrogens (tertiary/aromatic N) is 1. The number of ether oxygens (including phenoxy) is 1. The molecule has 0 N–H and O–H groups in total. The van der Waals surface area contributed by atoms with Gasteiger partial charge in [0.2, 0.25) is 0 Å². The fourth-order valence-electron chi connectivity index (χ4n) is 2.72. The van der Waals surface area contributed by atoms with Gasteiger partial charge in [0.1, 0.15) is 13.0 Å². The first kappa shape index (κ1) is 13.8. The number of esters is 1. The lowest BCUT2D eigenvalue weighted by Gasteiger charge is -2.20. The third kappa shape index (κ3) is 3.43. The van der Waals surface area contributed by atoms with Crippen LogP contribution in [0.25, 0.3) is 0 Å². The molecular formula is C16H22NO2+. The molecule has 2 rings (SSSR count). The highest BCUT2D eigenvalue weighted by atomic mass is 16.5. The Morgan fingerprint density at radius 1 is 1.32 bits per heavy atom. The Labute approximate surface area is 114 Å². The van der Waals surface area contributed by atoms with Gasteiger partial charge in [-0.25, -0.2) is 4.58 Å². The zero-order valence-electron chi connectivity index (χ0n) is 11.8. The molecule has 0 bridgehead atoms. The van der Waals surface area contributed by atoms with Crippen LogP contribution < -0.4 is 0 Å². The van der Waals surface area contributed by atoms with E-state index in [-0.39, 0.29) is 5.97 Å². The summed E-state index contributed by atoms with van der Waals surface area (Å²) >= 11 is 0. The number of hydrogen-bond donors (Lipinski definition) is 0. The summed E-state index contributed by atoms with van der Waals surface area (Å²) in [7, 11) is 1.46. The number of carbonyl (C=O) groups is 1. The third-order valence-electron chi connectivity index (χ3n) is 3.85. The summed E-state index contributed by atoms with van der Waals surface area (Å²) in [5.41, 5.74) is 2.52. The molecule has 1 aromatic rings. The Balaban J connectivity index is 2.24. The maximum absolute atomic E-state index is 11.5. The Hall–Kier alpha value is -1.64. The molecular weight excluding hydrogens is 238 g/mol. The zero-order valence-corrected chi connectivity index (χ0v) is 11.8. The van der Waals surface area contributed by atoms with Crippen molar-refractivity contribution in [2.45, 2.75) is 38.6 Å². The van der Waals surface area contributed by atoms with Crippen molar-refractivity contribution in [2.75, 3.05) is 13.7 Å². The largest absolute Gasteiger partial charge is 0.469 e. The van der Waals surface area contributed by atoms with Crippen molar-refractivity contribution >= 4 is 11.7 Å². The van der Waals surface area contributed by atoms with Crippen LogP contribution in [-0.2, 0) is 9.53 Å². The molecule has 0 spiro atoms. The first-order valence-corrected chi connectivity index (χ1v) is 6.95. The fraction of sp³-hybridized carbons (Fsp3) is 0.500. The zero-order chi connectivity index (χ0) is 13.7. The molecule has 1 aliphatic rings. The van der Waals surface area contributed by atoms with Crippen molar-refractivity contribution in [1.29, 1.82) is 0 Å². The topological polar surface area (TPSA) is 29.3 Å². The summed E-state index contributed by atoms with van der Waals surface area (Å²) in [6.07, 6.45) is 3.80. The van der Waals surface area contributed by atoms with E-state index in [0.29, 0.717) is 12.5 Å². The molecule has 0 aliphatic carbocycles. The molecule has 3 heteroatoms. The number of benzene rings is 1. The summed E-state index contributed by atoms with van der Waals surface area (Å²) in [5, 5.41) is 0. The summed E-state index contributed by atoms with van der Waals surface area (Å²) in [5.74, 6) is -0.137. The minimum atomic E-state index is -0.137. The monoisotopic (exact) mass is 260 g/mol. The van der Waals surface area contributed by atoms with Gasteiger partial charge in [-0.15, -0.1) is 0 Å². The second-order valence-corrected chi connectivity index (χ2v) is 5.06. The molecule has 0 radical (unpaired) electrons. The number of carbonyl (C=O) groups excluding carboxylic acids is 1. The quantitative estimate of drug-likeness (QED) is 0.615. The van der Waals surface area contributed by atoms with Gasteiger partial charge in [0.15, 0.2) is 11.8 Å². The van der Waals surface area contributed by atoms with Gasteiger partial charge >= 0.3 is 5.97 Å². The molecule has 1 aliphatic heterocycles. The van der Waals surface area contributed by atoms with Crippen molar-refractivity contribution in [2.24, 2.45) is 0 Å². The normalized spacial score (nSPS) is 17.2. The van der Waals surface area contributed by atoms with Gasteiger partial charge in [-0.05, 0) is 6.42 Å². The van der Waals surface area contributed by atoms with E-state index in [1.807, 2.05) is 6.07 Å². The molecule has 0 fully saturated rings. The van der Waals surface area contributed by atoms with Gasteiger partial charge in [-0.1, -0.05) is 30.3 Å². The molecule has 1 aromatic carbocycles. The first-order chi connectivity index (χ1) is 9.22. The highest BCUT2D eigenvalue weighted by Gasteiger charge is 2.27. The summed E-state index contributed by atoms with van der Waals surface area (Å²) in [6.45, 7) is 3.24. The lowest BCUT2D eigenvalue weighted by molar-refractivity contribution is -0.574. The van der Waals surface area contributed by atoms with Crippen LogP contribution in [0.5, 0.6) is 0 Å². The van der Waals surface area contributed by atoms with Crippen molar-refractivity contribution in [3.63, 3.8) is 0 Å². The highest BCUT2D eigenvalue weighted by Crippen LogP contribution is 2.21. The average molecular weight is 260 g/mol. The second-order valence-electron chi connectivity index (χ2n) is 5.06.